The van der Waals surface area contributed by atoms with E-state index < -0.39 is 0 Å². The van der Waals surface area contributed by atoms with Gasteiger partial charge in [-0.2, -0.15) is 0 Å². The quantitative estimate of drug-likeness (QED) is 0.747. The number of rotatable bonds is 5. The van der Waals surface area contributed by atoms with Crippen molar-refractivity contribution in [2.75, 3.05) is 27.7 Å². The second-order valence-electron chi connectivity index (χ2n) is 5.85. The zero-order valence-electron chi connectivity index (χ0n) is 10.6. The van der Waals surface area contributed by atoms with Crippen LogP contribution in [0.15, 0.2) is 0 Å². The molecule has 1 unspecified atom stereocenters. The Morgan fingerprint density at radius 2 is 1.93 bits per heavy atom. The van der Waals surface area contributed by atoms with Crippen molar-refractivity contribution >= 4 is 0 Å². The van der Waals surface area contributed by atoms with Gasteiger partial charge in [-0.3, -0.25) is 0 Å². The second-order valence-corrected chi connectivity index (χ2v) is 5.85. The molecule has 0 bridgehead atoms. The highest BCUT2D eigenvalue weighted by atomic mass is 15.1. The number of nitrogens with one attached hydrogen (secondary N) is 1. The summed E-state index contributed by atoms with van der Waals surface area (Å²) < 4.78 is 0. The van der Waals surface area contributed by atoms with Crippen LogP contribution in [0.25, 0.3) is 0 Å². The lowest BCUT2D eigenvalue weighted by Crippen LogP contribution is -2.57. The van der Waals surface area contributed by atoms with E-state index in [-0.39, 0.29) is 0 Å². The molecule has 15 heavy (non-hydrogen) atoms. The Labute approximate surface area is 94.4 Å². The molecule has 2 saturated carbocycles. The monoisotopic (exact) mass is 210 g/mol. The average Bonchev–Trinajstić information content (AvgIpc) is 2.04. The lowest BCUT2D eigenvalue weighted by atomic mass is 9.57. The Kier molecular flexibility index (Phi) is 3.36. The fourth-order valence-electron chi connectivity index (χ4n) is 3.78. The van der Waals surface area contributed by atoms with Gasteiger partial charge in [-0.25, -0.2) is 0 Å². The molecule has 2 aliphatic carbocycles. The van der Waals surface area contributed by atoms with E-state index in [1.54, 1.807) is 0 Å². The molecule has 2 heteroatoms. The number of nitrogens with zero attached hydrogens (tertiary/aromatic N) is 1. The molecule has 1 N–H and O–H groups in total. The van der Waals surface area contributed by atoms with E-state index in [0.717, 1.165) is 12.0 Å². The molecule has 0 aromatic rings. The summed E-state index contributed by atoms with van der Waals surface area (Å²) in [6, 6.07) is 0.826. The van der Waals surface area contributed by atoms with Crippen molar-refractivity contribution in [3.05, 3.63) is 0 Å². The third-order valence-corrected chi connectivity index (χ3v) is 4.66. The van der Waals surface area contributed by atoms with Crippen LogP contribution in [0.5, 0.6) is 0 Å². The Bertz CT molecular complexity index is 205. The van der Waals surface area contributed by atoms with Crippen molar-refractivity contribution in [1.82, 2.24) is 10.2 Å². The molecule has 1 atom stereocenters. The lowest BCUT2D eigenvalue weighted by Gasteiger charge is -2.55. The van der Waals surface area contributed by atoms with E-state index in [9.17, 15) is 0 Å². The van der Waals surface area contributed by atoms with Gasteiger partial charge >= 0.3 is 0 Å². The summed E-state index contributed by atoms with van der Waals surface area (Å²) in [5, 5.41) is 3.42. The molecule has 0 aromatic carbocycles. The summed E-state index contributed by atoms with van der Waals surface area (Å²) >= 11 is 0. The van der Waals surface area contributed by atoms with E-state index in [1.165, 1.54) is 45.1 Å². The first kappa shape index (κ1) is 11.4. The molecule has 0 spiro atoms. The van der Waals surface area contributed by atoms with E-state index in [4.69, 9.17) is 0 Å². The van der Waals surface area contributed by atoms with E-state index in [1.807, 2.05) is 0 Å². The summed E-state index contributed by atoms with van der Waals surface area (Å²) in [5.41, 5.74) is 0.601. The topological polar surface area (TPSA) is 15.3 Å². The van der Waals surface area contributed by atoms with E-state index in [0.29, 0.717) is 5.41 Å². The third-order valence-electron chi connectivity index (χ3n) is 4.66. The van der Waals surface area contributed by atoms with Gasteiger partial charge in [0.15, 0.2) is 0 Å². The van der Waals surface area contributed by atoms with Crippen LogP contribution < -0.4 is 5.32 Å². The molecular formula is C13H26N2. The fourth-order valence-corrected chi connectivity index (χ4v) is 3.78. The van der Waals surface area contributed by atoms with Crippen molar-refractivity contribution in [2.24, 2.45) is 11.3 Å². The minimum Gasteiger partial charge on any atom is -0.319 e. The maximum atomic E-state index is 3.42. The van der Waals surface area contributed by atoms with Crippen molar-refractivity contribution < 1.29 is 0 Å². The van der Waals surface area contributed by atoms with Gasteiger partial charge in [0.05, 0.1) is 0 Å². The second kappa shape index (κ2) is 4.42. The van der Waals surface area contributed by atoms with Gasteiger partial charge in [-0.15, -0.1) is 0 Å². The highest BCUT2D eigenvalue weighted by Crippen LogP contribution is 2.50. The average molecular weight is 210 g/mol. The fraction of sp³-hybridized carbons (Fsp3) is 1.00. The molecule has 0 saturated heterocycles. The number of hydrogen-bond donors (Lipinski definition) is 1. The van der Waals surface area contributed by atoms with Crippen LogP contribution >= 0.6 is 0 Å². The number of hydrogen-bond acceptors (Lipinski definition) is 2. The van der Waals surface area contributed by atoms with Gasteiger partial charge in [0.25, 0.3) is 0 Å². The molecular weight excluding hydrogens is 184 g/mol. The first-order chi connectivity index (χ1) is 7.19. The molecule has 0 amide bonds. The first-order valence-electron chi connectivity index (χ1n) is 6.51. The Balaban J connectivity index is 2.07. The van der Waals surface area contributed by atoms with E-state index >= 15 is 0 Å². The van der Waals surface area contributed by atoms with Crippen LogP contribution in [-0.4, -0.2) is 38.6 Å². The maximum absolute atomic E-state index is 3.42. The molecule has 2 fully saturated rings. The molecule has 0 radical (unpaired) electrons. The van der Waals surface area contributed by atoms with Gasteiger partial charge in [-0.1, -0.05) is 12.8 Å². The SMILES string of the molecule is CNCC1(C(C2CCC2)N(C)C)CCC1. The molecule has 0 aromatic heterocycles. The summed E-state index contributed by atoms with van der Waals surface area (Å²) in [5.74, 6) is 0.980. The Hall–Kier alpha value is -0.0800. The van der Waals surface area contributed by atoms with Gasteiger partial charge < -0.3 is 10.2 Å². The standard InChI is InChI=1S/C13H26N2/c1-14-10-13(8-5-9-13)12(15(2)3)11-6-4-7-11/h11-12,14H,4-10H2,1-3H3. The highest BCUT2D eigenvalue weighted by Gasteiger charge is 2.48. The highest BCUT2D eigenvalue weighted by molar-refractivity contribution is 5.02. The zero-order chi connectivity index (χ0) is 10.9. The van der Waals surface area contributed by atoms with Crippen LogP contribution in [0.2, 0.25) is 0 Å². The van der Waals surface area contributed by atoms with Crippen LogP contribution in [0.3, 0.4) is 0 Å². The van der Waals surface area contributed by atoms with Gasteiger partial charge in [0.2, 0.25) is 0 Å². The van der Waals surface area contributed by atoms with Crippen molar-refractivity contribution in [1.29, 1.82) is 0 Å². The molecule has 0 aliphatic heterocycles. The zero-order valence-corrected chi connectivity index (χ0v) is 10.6. The van der Waals surface area contributed by atoms with Crippen molar-refractivity contribution in [2.45, 2.75) is 44.6 Å². The van der Waals surface area contributed by atoms with Crippen molar-refractivity contribution in [3.63, 3.8) is 0 Å². The van der Waals surface area contributed by atoms with Gasteiger partial charge in [0.1, 0.15) is 0 Å². The third kappa shape index (κ3) is 1.94. The van der Waals surface area contributed by atoms with Gasteiger partial charge in [-0.05, 0) is 58.2 Å². The predicted octanol–water partition coefficient (Wildman–Crippen LogP) is 2.11. The molecule has 2 nitrogen and oxygen atoms in total. The van der Waals surface area contributed by atoms with E-state index in [2.05, 4.69) is 31.4 Å². The van der Waals surface area contributed by atoms with Gasteiger partial charge in [0, 0.05) is 12.6 Å². The summed E-state index contributed by atoms with van der Waals surface area (Å²) in [6.07, 6.45) is 8.71. The molecule has 88 valence electrons. The Morgan fingerprint density at radius 1 is 1.27 bits per heavy atom. The van der Waals surface area contributed by atoms with Crippen LogP contribution in [0.1, 0.15) is 38.5 Å². The molecule has 2 rings (SSSR count). The smallest absolute Gasteiger partial charge is 0.0186 e. The van der Waals surface area contributed by atoms with Crippen molar-refractivity contribution in [3.8, 4) is 0 Å². The predicted molar refractivity (Wildman–Crippen MR) is 65.0 cm³/mol. The van der Waals surface area contributed by atoms with Crippen LogP contribution in [0.4, 0.5) is 0 Å². The largest absolute Gasteiger partial charge is 0.319 e. The summed E-state index contributed by atoms with van der Waals surface area (Å²) in [7, 11) is 6.66. The molecule has 2 aliphatic rings. The molecule has 0 heterocycles. The normalized spacial score (nSPS) is 27.2. The first-order valence-corrected chi connectivity index (χ1v) is 6.51. The minimum absolute atomic E-state index is 0.601. The van der Waals surface area contributed by atoms with Crippen LogP contribution in [0, 0.1) is 11.3 Å². The Morgan fingerprint density at radius 3 is 2.20 bits per heavy atom. The minimum atomic E-state index is 0.601. The van der Waals surface area contributed by atoms with Crippen LogP contribution in [-0.2, 0) is 0 Å². The lowest BCUT2D eigenvalue weighted by molar-refractivity contribution is -0.0316. The summed E-state index contributed by atoms with van der Waals surface area (Å²) in [6.45, 7) is 1.21. The maximum Gasteiger partial charge on any atom is 0.0186 e. The summed E-state index contributed by atoms with van der Waals surface area (Å²) in [4.78, 5) is 2.50.